The van der Waals surface area contributed by atoms with Crippen LogP contribution in [0.3, 0.4) is 0 Å². The average molecular weight is 251 g/mol. The van der Waals surface area contributed by atoms with Crippen LogP contribution in [-0.4, -0.2) is 24.0 Å². The van der Waals surface area contributed by atoms with Crippen LogP contribution in [0.2, 0.25) is 0 Å². The lowest BCUT2D eigenvalue weighted by atomic mass is 9.79. The minimum absolute atomic E-state index is 0.295. The quantitative estimate of drug-likeness (QED) is 0.646. The maximum Gasteiger partial charge on any atom is 0.184 e. The molecule has 2 bridgehead atoms. The van der Waals surface area contributed by atoms with Crippen LogP contribution in [0, 0.1) is 61.6 Å². The zero-order valence-corrected chi connectivity index (χ0v) is 10.7. The third kappa shape index (κ3) is 0.920. The highest BCUT2D eigenvalue weighted by Crippen LogP contribution is 2.82. The first-order valence-electron chi connectivity index (χ1n) is 6.45. The fourth-order valence-corrected chi connectivity index (χ4v) is 4.59. The van der Waals surface area contributed by atoms with Crippen molar-refractivity contribution in [2.45, 2.75) is 37.8 Å². The van der Waals surface area contributed by atoms with Gasteiger partial charge in [0, 0.05) is 17.5 Å². The van der Waals surface area contributed by atoms with Gasteiger partial charge in [0.2, 0.25) is 0 Å². The predicted octanol–water partition coefficient (Wildman–Crippen LogP) is 1.31. The molecule has 2 saturated heterocycles. The monoisotopic (exact) mass is 251 g/mol. The summed E-state index contributed by atoms with van der Waals surface area (Å²) in [5, 5.41) is 37.8. The second kappa shape index (κ2) is 3.27. The second-order valence-electron chi connectivity index (χ2n) is 5.99. The van der Waals surface area contributed by atoms with Gasteiger partial charge in [0.15, 0.2) is 10.8 Å². The van der Waals surface area contributed by atoms with Gasteiger partial charge in [-0.2, -0.15) is 21.0 Å². The zero-order valence-electron chi connectivity index (χ0n) is 10.7. The van der Waals surface area contributed by atoms with Crippen LogP contribution in [0.5, 0.6) is 0 Å². The fourth-order valence-electron chi connectivity index (χ4n) is 4.59. The molecular formula is C14H13N5. The van der Waals surface area contributed by atoms with E-state index in [0.29, 0.717) is 24.9 Å². The molecule has 3 rings (SSSR count). The zero-order chi connectivity index (χ0) is 13.9. The largest absolute Gasteiger partial charge is 0.300 e. The van der Waals surface area contributed by atoms with E-state index in [1.807, 2.05) is 24.3 Å². The summed E-state index contributed by atoms with van der Waals surface area (Å²) in [5.74, 6) is 0. The van der Waals surface area contributed by atoms with E-state index in [0.717, 1.165) is 12.8 Å². The highest BCUT2D eigenvalue weighted by atomic mass is 15.2. The van der Waals surface area contributed by atoms with Crippen molar-refractivity contribution in [1.29, 1.82) is 21.0 Å². The van der Waals surface area contributed by atoms with Gasteiger partial charge in [-0.3, -0.25) is 0 Å². The Bertz CT molecular complexity index is 526. The van der Waals surface area contributed by atoms with Gasteiger partial charge in [-0.1, -0.05) is 0 Å². The molecule has 3 fully saturated rings. The molecular weight excluding hydrogens is 238 g/mol. The van der Waals surface area contributed by atoms with Crippen molar-refractivity contribution in [3.05, 3.63) is 0 Å². The van der Waals surface area contributed by atoms with Crippen molar-refractivity contribution in [2.24, 2.45) is 16.2 Å². The smallest absolute Gasteiger partial charge is 0.184 e. The molecule has 0 N–H and O–H groups in total. The van der Waals surface area contributed by atoms with Gasteiger partial charge in [-0.25, -0.2) is 0 Å². The molecule has 3 aliphatic rings. The Labute approximate surface area is 112 Å². The van der Waals surface area contributed by atoms with E-state index in [2.05, 4.69) is 11.9 Å². The van der Waals surface area contributed by atoms with Gasteiger partial charge < -0.3 is 4.90 Å². The van der Waals surface area contributed by atoms with Gasteiger partial charge in [0.1, 0.15) is 0 Å². The lowest BCUT2D eigenvalue weighted by Gasteiger charge is -2.37. The Balaban J connectivity index is 2.13. The molecule has 5 nitrogen and oxygen atoms in total. The molecule has 2 unspecified atom stereocenters. The number of hydrogen-bond donors (Lipinski definition) is 0. The number of piperidine rings is 1. The number of nitrogens with zero attached hydrogens (tertiary/aromatic N) is 5. The molecule has 2 aliphatic heterocycles. The van der Waals surface area contributed by atoms with Crippen LogP contribution in [-0.2, 0) is 0 Å². The highest BCUT2D eigenvalue weighted by Gasteiger charge is 2.92. The Morgan fingerprint density at radius 1 is 0.842 bits per heavy atom. The topological polar surface area (TPSA) is 98.4 Å². The van der Waals surface area contributed by atoms with Gasteiger partial charge in [0.05, 0.1) is 24.3 Å². The molecule has 1 aliphatic carbocycles. The summed E-state index contributed by atoms with van der Waals surface area (Å²) in [6.07, 6.45) is 3.29. The van der Waals surface area contributed by atoms with Crippen LogP contribution in [0.15, 0.2) is 0 Å². The Kier molecular flexibility index (Phi) is 2.06. The van der Waals surface area contributed by atoms with Gasteiger partial charge in [-0.05, 0) is 32.7 Å². The number of hydrogen-bond acceptors (Lipinski definition) is 5. The van der Waals surface area contributed by atoms with Crippen LogP contribution in [0.1, 0.15) is 25.7 Å². The number of rotatable bonds is 0. The summed E-state index contributed by atoms with van der Waals surface area (Å²) in [6.45, 7) is 0. The summed E-state index contributed by atoms with van der Waals surface area (Å²) in [4.78, 5) is 2.28. The summed E-state index contributed by atoms with van der Waals surface area (Å²) in [5.41, 5.74) is -3.62. The number of fused-ring (bicyclic) bond motifs is 2. The minimum Gasteiger partial charge on any atom is -0.300 e. The number of nitriles is 4. The first-order valence-corrected chi connectivity index (χ1v) is 6.45. The van der Waals surface area contributed by atoms with Crippen LogP contribution < -0.4 is 0 Å². The summed E-state index contributed by atoms with van der Waals surface area (Å²) in [6, 6.07) is 8.65. The fraction of sp³-hybridized carbons (Fsp3) is 0.714. The molecule has 5 heteroatoms. The maximum absolute atomic E-state index is 9.44. The van der Waals surface area contributed by atoms with Crippen molar-refractivity contribution in [3.63, 3.8) is 0 Å². The summed E-state index contributed by atoms with van der Waals surface area (Å²) >= 11 is 0. The molecule has 0 aromatic heterocycles. The second-order valence-corrected chi connectivity index (χ2v) is 5.99. The van der Waals surface area contributed by atoms with E-state index in [1.54, 1.807) is 0 Å². The molecule has 2 heterocycles. The molecule has 1 spiro atoms. The predicted molar refractivity (Wildman–Crippen MR) is 63.6 cm³/mol. The Hall–Kier alpha value is -2.08. The van der Waals surface area contributed by atoms with Gasteiger partial charge >= 0.3 is 0 Å². The van der Waals surface area contributed by atoms with Crippen LogP contribution in [0.4, 0.5) is 0 Å². The van der Waals surface area contributed by atoms with E-state index in [4.69, 9.17) is 0 Å². The SMILES string of the molecule is CN1C2CCC1CC1(C2)C(C#N)(C#N)C1(C#N)C#N. The van der Waals surface area contributed by atoms with Crippen molar-refractivity contribution >= 4 is 0 Å². The van der Waals surface area contributed by atoms with Crippen molar-refractivity contribution in [3.8, 4) is 24.3 Å². The van der Waals surface area contributed by atoms with E-state index < -0.39 is 16.2 Å². The normalized spacial score (nSPS) is 35.6. The Morgan fingerprint density at radius 2 is 1.21 bits per heavy atom. The highest BCUT2D eigenvalue weighted by molar-refractivity contribution is 5.57. The van der Waals surface area contributed by atoms with Gasteiger partial charge in [-0.15, -0.1) is 0 Å². The minimum atomic E-state index is -1.44. The third-order valence-electron chi connectivity index (χ3n) is 5.76. The summed E-state index contributed by atoms with van der Waals surface area (Å²) < 4.78 is 0. The van der Waals surface area contributed by atoms with Crippen LogP contribution in [0.25, 0.3) is 0 Å². The molecule has 0 radical (unpaired) electrons. The maximum atomic E-state index is 9.44. The standard InChI is InChI=1S/C14H13N5/c1-19-10-2-3-11(19)5-12(4-10)13(6-15,7-16)14(12,8-17)9-18/h10-11H,2-5H2,1H3. The molecule has 1 saturated carbocycles. The van der Waals surface area contributed by atoms with E-state index in [-0.39, 0.29) is 0 Å². The molecule has 0 aromatic carbocycles. The lowest BCUT2D eigenvalue weighted by molar-refractivity contribution is 0.104. The van der Waals surface area contributed by atoms with E-state index in [9.17, 15) is 21.0 Å². The summed E-state index contributed by atoms with van der Waals surface area (Å²) in [7, 11) is 2.05. The molecule has 2 atom stereocenters. The van der Waals surface area contributed by atoms with Crippen molar-refractivity contribution < 1.29 is 0 Å². The average Bonchev–Trinajstić information content (AvgIpc) is 2.87. The van der Waals surface area contributed by atoms with E-state index in [1.165, 1.54) is 0 Å². The molecule has 19 heavy (non-hydrogen) atoms. The Morgan fingerprint density at radius 3 is 1.53 bits per heavy atom. The van der Waals surface area contributed by atoms with E-state index >= 15 is 0 Å². The van der Waals surface area contributed by atoms with Crippen molar-refractivity contribution in [1.82, 2.24) is 4.90 Å². The molecule has 94 valence electrons. The molecule has 0 amide bonds. The third-order valence-corrected chi connectivity index (χ3v) is 5.76. The first kappa shape index (κ1) is 12.0. The lowest BCUT2D eigenvalue weighted by Crippen LogP contribution is -2.43. The van der Waals surface area contributed by atoms with Crippen molar-refractivity contribution in [2.75, 3.05) is 7.05 Å². The van der Waals surface area contributed by atoms with Gasteiger partial charge in [0.25, 0.3) is 0 Å². The van der Waals surface area contributed by atoms with Crippen LogP contribution >= 0.6 is 0 Å². The molecule has 0 aromatic rings. The first-order chi connectivity index (χ1) is 9.08.